The van der Waals surface area contributed by atoms with Crippen molar-refractivity contribution in [3.63, 3.8) is 0 Å². The molecule has 0 bridgehead atoms. The maximum Gasteiger partial charge on any atom is 0.258 e. The molecule has 1 amide bonds. The van der Waals surface area contributed by atoms with E-state index in [-0.39, 0.29) is 18.6 Å². The van der Waals surface area contributed by atoms with Gasteiger partial charge in [-0.15, -0.1) is 0 Å². The predicted molar refractivity (Wildman–Crippen MR) is 76.0 cm³/mol. The third kappa shape index (κ3) is 4.51. The Morgan fingerprint density at radius 2 is 2.00 bits per heavy atom. The summed E-state index contributed by atoms with van der Waals surface area (Å²) in [6.07, 6.45) is 3.26. The summed E-state index contributed by atoms with van der Waals surface area (Å²) in [5.74, 6) is 0.469. The second-order valence-corrected chi connectivity index (χ2v) is 5.68. The Balaban J connectivity index is 1.76. The van der Waals surface area contributed by atoms with Gasteiger partial charge in [-0.25, -0.2) is 0 Å². The molecule has 2 atom stereocenters. The summed E-state index contributed by atoms with van der Waals surface area (Å²) < 4.78 is 6.35. The smallest absolute Gasteiger partial charge is 0.258 e. The van der Waals surface area contributed by atoms with E-state index in [0.717, 1.165) is 30.2 Å². The van der Waals surface area contributed by atoms with Crippen molar-refractivity contribution in [1.29, 1.82) is 0 Å². The third-order valence-electron chi connectivity index (χ3n) is 3.26. The van der Waals surface area contributed by atoms with E-state index in [1.54, 1.807) is 12.1 Å². The van der Waals surface area contributed by atoms with E-state index in [2.05, 4.69) is 21.2 Å². The van der Waals surface area contributed by atoms with Crippen LogP contribution >= 0.6 is 15.9 Å². The predicted octanol–water partition coefficient (Wildman–Crippen LogP) is 2.25. The lowest BCUT2D eigenvalue weighted by atomic mass is 9.92. The largest absolute Gasteiger partial charge is 0.484 e. The number of carbonyl (C=O) groups is 1. The van der Waals surface area contributed by atoms with Crippen LogP contribution in [0.5, 0.6) is 5.75 Å². The molecule has 0 radical (unpaired) electrons. The number of ether oxygens (including phenoxy) is 1. The number of nitrogens with one attached hydrogen (secondary N) is 1. The summed E-state index contributed by atoms with van der Waals surface area (Å²) in [4.78, 5) is 11.7. The van der Waals surface area contributed by atoms with E-state index in [0.29, 0.717) is 5.75 Å². The van der Waals surface area contributed by atoms with Crippen LogP contribution in [-0.2, 0) is 4.79 Å². The van der Waals surface area contributed by atoms with Crippen LogP contribution in [0.25, 0.3) is 0 Å². The van der Waals surface area contributed by atoms with Gasteiger partial charge < -0.3 is 15.2 Å². The molecule has 2 unspecified atom stereocenters. The minimum absolute atomic E-state index is 0.0230. The highest BCUT2D eigenvalue weighted by Gasteiger charge is 2.24. The van der Waals surface area contributed by atoms with Gasteiger partial charge in [-0.05, 0) is 37.1 Å². The average Bonchev–Trinajstić information content (AvgIpc) is 2.41. The van der Waals surface area contributed by atoms with Crippen LogP contribution in [0, 0.1) is 0 Å². The molecular weight excluding hydrogens is 310 g/mol. The molecule has 0 aliphatic heterocycles. The number of benzene rings is 1. The first-order valence-corrected chi connectivity index (χ1v) is 7.30. The fraction of sp³-hybridized carbons (Fsp3) is 0.500. The van der Waals surface area contributed by atoms with Crippen molar-refractivity contribution in [2.45, 2.75) is 37.8 Å². The Morgan fingerprint density at radius 3 is 2.68 bits per heavy atom. The monoisotopic (exact) mass is 327 g/mol. The molecule has 4 nitrogen and oxygen atoms in total. The molecule has 1 aliphatic rings. The summed E-state index contributed by atoms with van der Waals surface area (Å²) in [5, 5.41) is 12.6. The van der Waals surface area contributed by atoms with Crippen molar-refractivity contribution in [3.8, 4) is 5.75 Å². The highest BCUT2D eigenvalue weighted by atomic mass is 79.9. The van der Waals surface area contributed by atoms with E-state index in [9.17, 15) is 9.90 Å². The summed E-state index contributed by atoms with van der Waals surface area (Å²) in [5.41, 5.74) is 0. The third-order valence-corrected chi connectivity index (χ3v) is 3.79. The Labute approximate surface area is 121 Å². The Hall–Kier alpha value is -1.07. The average molecular weight is 328 g/mol. The molecule has 2 rings (SSSR count). The molecule has 1 fully saturated rings. The Bertz CT molecular complexity index is 421. The van der Waals surface area contributed by atoms with Crippen molar-refractivity contribution in [2.24, 2.45) is 0 Å². The van der Waals surface area contributed by atoms with Gasteiger partial charge in [0.1, 0.15) is 5.75 Å². The zero-order valence-corrected chi connectivity index (χ0v) is 12.2. The standard InChI is InChI=1S/C14H18BrNO3/c15-10-5-7-11(8-6-10)19-9-14(18)16-12-3-1-2-4-13(12)17/h5-8,12-13,17H,1-4,9H2,(H,16,18). The molecule has 1 aromatic rings. The van der Waals surface area contributed by atoms with Crippen molar-refractivity contribution in [3.05, 3.63) is 28.7 Å². The van der Waals surface area contributed by atoms with Gasteiger partial charge in [0.2, 0.25) is 0 Å². The van der Waals surface area contributed by atoms with Crippen LogP contribution in [-0.4, -0.2) is 29.8 Å². The molecule has 5 heteroatoms. The quantitative estimate of drug-likeness (QED) is 0.891. The molecule has 0 saturated heterocycles. The van der Waals surface area contributed by atoms with Gasteiger partial charge in [-0.1, -0.05) is 28.8 Å². The molecule has 0 heterocycles. The van der Waals surface area contributed by atoms with Crippen molar-refractivity contribution < 1.29 is 14.6 Å². The van der Waals surface area contributed by atoms with Crippen molar-refractivity contribution >= 4 is 21.8 Å². The van der Waals surface area contributed by atoms with E-state index in [4.69, 9.17) is 4.74 Å². The van der Waals surface area contributed by atoms with Gasteiger partial charge in [0.25, 0.3) is 5.91 Å². The lowest BCUT2D eigenvalue weighted by Crippen LogP contribution is -2.46. The fourth-order valence-electron chi connectivity index (χ4n) is 2.21. The SMILES string of the molecule is O=C(COc1ccc(Br)cc1)NC1CCCCC1O. The molecule has 104 valence electrons. The van der Waals surface area contributed by atoms with E-state index >= 15 is 0 Å². The summed E-state index contributed by atoms with van der Waals surface area (Å²) in [6.45, 7) is -0.0230. The highest BCUT2D eigenvalue weighted by Crippen LogP contribution is 2.18. The normalized spacial score (nSPS) is 22.8. The first-order valence-electron chi connectivity index (χ1n) is 6.51. The fourth-order valence-corrected chi connectivity index (χ4v) is 2.47. The molecule has 1 aliphatic carbocycles. The number of carbonyl (C=O) groups excluding carboxylic acids is 1. The van der Waals surface area contributed by atoms with Crippen molar-refractivity contribution in [2.75, 3.05) is 6.61 Å². The maximum absolute atomic E-state index is 11.7. The van der Waals surface area contributed by atoms with Crippen molar-refractivity contribution in [1.82, 2.24) is 5.32 Å². The van der Waals surface area contributed by atoms with Crippen LogP contribution in [0.3, 0.4) is 0 Å². The number of amides is 1. The number of aliphatic hydroxyl groups is 1. The van der Waals surface area contributed by atoms with Crippen LogP contribution in [0.15, 0.2) is 28.7 Å². The van der Waals surface area contributed by atoms with Gasteiger partial charge in [-0.3, -0.25) is 4.79 Å². The number of rotatable bonds is 4. The summed E-state index contributed by atoms with van der Waals surface area (Å²) >= 11 is 3.34. The summed E-state index contributed by atoms with van der Waals surface area (Å²) in [6, 6.07) is 7.19. The topological polar surface area (TPSA) is 58.6 Å². The van der Waals surface area contributed by atoms with Crippen LogP contribution in [0.1, 0.15) is 25.7 Å². The minimum Gasteiger partial charge on any atom is -0.484 e. The highest BCUT2D eigenvalue weighted by molar-refractivity contribution is 9.10. The van der Waals surface area contributed by atoms with Crippen LogP contribution < -0.4 is 10.1 Å². The molecule has 2 N–H and O–H groups in total. The lowest BCUT2D eigenvalue weighted by Gasteiger charge is -2.28. The molecule has 0 aromatic heterocycles. The molecule has 0 spiro atoms. The molecule has 1 saturated carbocycles. The van der Waals surface area contributed by atoms with Gasteiger partial charge in [-0.2, -0.15) is 0 Å². The van der Waals surface area contributed by atoms with E-state index < -0.39 is 6.10 Å². The zero-order chi connectivity index (χ0) is 13.7. The van der Waals surface area contributed by atoms with E-state index in [1.165, 1.54) is 0 Å². The molecule has 1 aromatic carbocycles. The second-order valence-electron chi connectivity index (χ2n) is 4.77. The zero-order valence-electron chi connectivity index (χ0n) is 10.6. The molecular formula is C14H18BrNO3. The van der Waals surface area contributed by atoms with Gasteiger partial charge >= 0.3 is 0 Å². The lowest BCUT2D eigenvalue weighted by molar-refractivity contribution is -0.125. The number of hydrogen-bond donors (Lipinski definition) is 2. The van der Waals surface area contributed by atoms with Crippen LogP contribution in [0.4, 0.5) is 0 Å². The summed E-state index contributed by atoms with van der Waals surface area (Å²) in [7, 11) is 0. The second kappa shape index (κ2) is 6.91. The van der Waals surface area contributed by atoms with Gasteiger partial charge in [0, 0.05) is 4.47 Å². The molecule has 19 heavy (non-hydrogen) atoms. The van der Waals surface area contributed by atoms with Gasteiger partial charge in [0.05, 0.1) is 12.1 Å². The van der Waals surface area contributed by atoms with Crippen LogP contribution in [0.2, 0.25) is 0 Å². The minimum atomic E-state index is -0.426. The Morgan fingerprint density at radius 1 is 1.32 bits per heavy atom. The number of aliphatic hydroxyl groups excluding tert-OH is 1. The Kier molecular flexibility index (Phi) is 5.22. The van der Waals surface area contributed by atoms with Gasteiger partial charge in [0.15, 0.2) is 6.61 Å². The number of hydrogen-bond acceptors (Lipinski definition) is 3. The first kappa shape index (κ1) is 14.3. The van der Waals surface area contributed by atoms with E-state index in [1.807, 2.05) is 12.1 Å². The first-order chi connectivity index (χ1) is 9.15. The number of halogens is 1. The maximum atomic E-state index is 11.7.